The van der Waals surface area contributed by atoms with E-state index in [-0.39, 0.29) is 12.3 Å². The maximum atomic E-state index is 10.8. The molecule has 0 saturated carbocycles. The third kappa shape index (κ3) is 4.34. The highest BCUT2D eigenvalue weighted by atomic mass is 79.9. The van der Waals surface area contributed by atoms with Crippen LogP contribution in [0.25, 0.3) is 0 Å². The summed E-state index contributed by atoms with van der Waals surface area (Å²) in [4.78, 5) is 11.9. The van der Waals surface area contributed by atoms with Crippen LogP contribution in [0, 0.1) is 5.92 Å². The number of carboxylic acid groups (broad SMARTS) is 1. The van der Waals surface area contributed by atoms with Crippen LogP contribution in [0.5, 0.6) is 0 Å². The summed E-state index contributed by atoms with van der Waals surface area (Å²) in [6.45, 7) is 4.25. The number of halogens is 1. The summed E-state index contributed by atoms with van der Waals surface area (Å²) < 4.78 is 1.07. The predicted octanol–water partition coefficient (Wildman–Crippen LogP) is 4.12. The summed E-state index contributed by atoms with van der Waals surface area (Å²) in [5.41, 5.74) is 0. The lowest BCUT2D eigenvalue weighted by molar-refractivity contribution is -0.137. The molecule has 4 heteroatoms. The van der Waals surface area contributed by atoms with Crippen LogP contribution in [0.15, 0.2) is 15.9 Å². The van der Waals surface area contributed by atoms with Gasteiger partial charge in [-0.15, -0.1) is 11.3 Å². The Hall–Kier alpha value is -0.350. The van der Waals surface area contributed by atoms with Crippen LogP contribution in [0.1, 0.15) is 37.5 Å². The van der Waals surface area contributed by atoms with Crippen molar-refractivity contribution in [3.8, 4) is 0 Å². The molecule has 0 bridgehead atoms. The van der Waals surface area contributed by atoms with Crippen molar-refractivity contribution in [2.75, 3.05) is 0 Å². The summed E-state index contributed by atoms with van der Waals surface area (Å²) in [7, 11) is 0. The molecule has 1 rings (SSSR count). The van der Waals surface area contributed by atoms with E-state index in [1.807, 2.05) is 12.1 Å². The number of aliphatic carboxylic acids is 1. The number of thiophene rings is 1. The minimum atomic E-state index is -0.717. The Bertz CT molecular complexity index is 333. The minimum absolute atomic E-state index is 0.152. The van der Waals surface area contributed by atoms with Crippen molar-refractivity contribution in [1.29, 1.82) is 0 Å². The van der Waals surface area contributed by atoms with Gasteiger partial charge in [-0.05, 0) is 40.4 Å². The first-order valence-electron chi connectivity index (χ1n) is 4.96. The predicted molar refractivity (Wildman–Crippen MR) is 66.5 cm³/mol. The second kappa shape index (κ2) is 5.66. The number of hydrogen-bond donors (Lipinski definition) is 1. The van der Waals surface area contributed by atoms with Crippen molar-refractivity contribution < 1.29 is 9.90 Å². The standard InChI is InChI=1S/C11H15BrO2S/c1-7(2)5-8(6-11(13)14)9-3-4-10(12)15-9/h3-4,7-8H,5-6H2,1-2H3,(H,13,14). The van der Waals surface area contributed by atoms with Crippen molar-refractivity contribution in [2.24, 2.45) is 5.92 Å². The average Bonchev–Trinajstić information content (AvgIpc) is 2.48. The SMILES string of the molecule is CC(C)CC(CC(=O)O)c1ccc(Br)s1. The van der Waals surface area contributed by atoms with Crippen LogP contribution in [0.4, 0.5) is 0 Å². The second-order valence-electron chi connectivity index (χ2n) is 4.07. The van der Waals surface area contributed by atoms with Gasteiger partial charge in [0.05, 0.1) is 10.2 Å². The number of carbonyl (C=O) groups is 1. The van der Waals surface area contributed by atoms with E-state index < -0.39 is 5.97 Å². The van der Waals surface area contributed by atoms with Crippen LogP contribution in [0.2, 0.25) is 0 Å². The molecule has 0 radical (unpaired) electrons. The van der Waals surface area contributed by atoms with Gasteiger partial charge in [-0.25, -0.2) is 0 Å². The van der Waals surface area contributed by atoms with Gasteiger partial charge in [0.1, 0.15) is 0 Å². The molecule has 0 amide bonds. The summed E-state index contributed by atoms with van der Waals surface area (Å²) in [6.07, 6.45) is 1.16. The molecule has 0 saturated heterocycles. The van der Waals surface area contributed by atoms with E-state index in [0.717, 1.165) is 15.1 Å². The molecule has 2 nitrogen and oxygen atoms in total. The normalized spacial score (nSPS) is 13.1. The second-order valence-corrected chi connectivity index (χ2v) is 6.56. The smallest absolute Gasteiger partial charge is 0.303 e. The molecule has 1 aromatic rings. The van der Waals surface area contributed by atoms with Crippen LogP contribution in [-0.2, 0) is 4.79 Å². The number of hydrogen-bond acceptors (Lipinski definition) is 2. The van der Waals surface area contributed by atoms with Crippen LogP contribution >= 0.6 is 27.3 Å². The van der Waals surface area contributed by atoms with Crippen molar-refractivity contribution in [2.45, 2.75) is 32.6 Å². The Kier molecular flexibility index (Phi) is 4.80. The van der Waals surface area contributed by atoms with Crippen LogP contribution in [-0.4, -0.2) is 11.1 Å². The first-order valence-corrected chi connectivity index (χ1v) is 6.57. The highest BCUT2D eigenvalue weighted by Gasteiger charge is 2.18. The fraction of sp³-hybridized carbons (Fsp3) is 0.545. The van der Waals surface area contributed by atoms with E-state index in [0.29, 0.717) is 5.92 Å². The monoisotopic (exact) mass is 290 g/mol. The van der Waals surface area contributed by atoms with Gasteiger partial charge in [-0.3, -0.25) is 4.79 Å². The van der Waals surface area contributed by atoms with E-state index in [4.69, 9.17) is 5.11 Å². The molecule has 1 unspecified atom stereocenters. The van der Waals surface area contributed by atoms with Crippen molar-refractivity contribution in [3.63, 3.8) is 0 Å². The van der Waals surface area contributed by atoms with Crippen molar-refractivity contribution in [1.82, 2.24) is 0 Å². The topological polar surface area (TPSA) is 37.3 Å². The zero-order valence-electron chi connectivity index (χ0n) is 8.87. The third-order valence-electron chi connectivity index (χ3n) is 2.17. The molecule has 15 heavy (non-hydrogen) atoms. The molecule has 0 fully saturated rings. The maximum Gasteiger partial charge on any atom is 0.303 e. The highest BCUT2D eigenvalue weighted by Crippen LogP contribution is 2.34. The zero-order valence-corrected chi connectivity index (χ0v) is 11.3. The van der Waals surface area contributed by atoms with Gasteiger partial charge in [-0.2, -0.15) is 0 Å². The first kappa shape index (κ1) is 12.7. The average molecular weight is 291 g/mol. The molecule has 1 N–H and O–H groups in total. The van der Waals surface area contributed by atoms with Crippen LogP contribution < -0.4 is 0 Å². The molecule has 0 aliphatic carbocycles. The van der Waals surface area contributed by atoms with E-state index >= 15 is 0 Å². The summed E-state index contributed by atoms with van der Waals surface area (Å²) in [6, 6.07) is 4.00. The molecule has 0 spiro atoms. The largest absolute Gasteiger partial charge is 0.481 e. The Labute approximate surface area is 102 Å². The van der Waals surface area contributed by atoms with Gasteiger partial charge in [-0.1, -0.05) is 13.8 Å². The van der Waals surface area contributed by atoms with Crippen molar-refractivity contribution >= 4 is 33.2 Å². The Balaban J connectivity index is 2.75. The Morgan fingerprint density at radius 3 is 2.60 bits per heavy atom. The first-order chi connectivity index (χ1) is 6.99. The van der Waals surface area contributed by atoms with Crippen molar-refractivity contribution in [3.05, 3.63) is 20.8 Å². The van der Waals surface area contributed by atoms with Gasteiger partial charge in [0, 0.05) is 10.8 Å². The van der Waals surface area contributed by atoms with Gasteiger partial charge in [0.25, 0.3) is 0 Å². The summed E-state index contributed by atoms with van der Waals surface area (Å²) in [5, 5.41) is 8.86. The summed E-state index contributed by atoms with van der Waals surface area (Å²) >= 11 is 5.04. The fourth-order valence-corrected chi connectivity index (χ4v) is 3.16. The Morgan fingerprint density at radius 1 is 1.53 bits per heavy atom. The van der Waals surface area contributed by atoms with E-state index in [1.54, 1.807) is 11.3 Å². The molecule has 1 heterocycles. The third-order valence-corrected chi connectivity index (χ3v) is 3.96. The molecule has 1 aromatic heterocycles. The van der Waals surface area contributed by atoms with Gasteiger partial charge in [0.2, 0.25) is 0 Å². The molecular formula is C11H15BrO2S. The molecule has 0 aliphatic rings. The van der Waals surface area contributed by atoms with E-state index in [2.05, 4.69) is 29.8 Å². The maximum absolute atomic E-state index is 10.8. The fourth-order valence-electron chi connectivity index (χ4n) is 1.63. The molecule has 1 atom stereocenters. The van der Waals surface area contributed by atoms with E-state index in [1.165, 1.54) is 0 Å². The lowest BCUT2D eigenvalue weighted by Crippen LogP contribution is -2.07. The van der Waals surface area contributed by atoms with Gasteiger partial charge >= 0.3 is 5.97 Å². The van der Waals surface area contributed by atoms with Crippen LogP contribution in [0.3, 0.4) is 0 Å². The number of rotatable bonds is 5. The zero-order chi connectivity index (χ0) is 11.4. The summed E-state index contributed by atoms with van der Waals surface area (Å²) in [5.74, 6) is -0.0424. The number of carboxylic acids is 1. The molecule has 0 aliphatic heterocycles. The lowest BCUT2D eigenvalue weighted by Gasteiger charge is -2.15. The molecular weight excluding hydrogens is 276 g/mol. The quantitative estimate of drug-likeness (QED) is 0.886. The van der Waals surface area contributed by atoms with Gasteiger partial charge in [0.15, 0.2) is 0 Å². The lowest BCUT2D eigenvalue weighted by atomic mass is 9.93. The highest BCUT2D eigenvalue weighted by molar-refractivity contribution is 9.11. The minimum Gasteiger partial charge on any atom is -0.481 e. The van der Waals surface area contributed by atoms with E-state index in [9.17, 15) is 4.79 Å². The molecule has 0 aromatic carbocycles. The molecule has 84 valence electrons. The van der Waals surface area contributed by atoms with Gasteiger partial charge < -0.3 is 5.11 Å². The Morgan fingerprint density at radius 2 is 2.20 bits per heavy atom.